The fourth-order valence-electron chi connectivity index (χ4n) is 1.64. The predicted octanol–water partition coefficient (Wildman–Crippen LogP) is 1.69. The van der Waals surface area contributed by atoms with Gasteiger partial charge in [0.15, 0.2) is 0 Å². The highest BCUT2D eigenvalue weighted by Gasteiger charge is 2.11. The fourth-order valence-corrected chi connectivity index (χ4v) is 1.64. The molecule has 21 heavy (non-hydrogen) atoms. The van der Waals surface area contributed by atoms with Gasteiger partial charge in [-0.1, -0.05) is 44.2 Å². The predicted molar refractivity (Wildman–Crippen MR) is 84.0 cm³/mol. The van der Waals surface area contributed by atoms with Crippen molar-refractivity contribution >= 4 is 11.9 Å². The van der Waals surface area contributed by atoms with E-state index >= 15 is 0 Å². The first-order valence-electron chi connectivity index (χ1n) is 7.34. The first-order valence-corrected chi connectivity index (χ1v) is 7.34. The van der Waals surface area contributed by atoms with Gasteiger partial charge in [-0.2, -0.15) is 0 Å². The van der Waals surface area contributed by atoms with Gasteiger partial charge >= 0.3 is 6.03 Å². The van der Waals surface area contributed by atoms with Gasteiger partial charge in [0, 0.05) is 12.6 Å². The van der Waals surface area contributed by atoms with Crippen LogP contribution in [0.2, 0.25) is 0 Å². The molecule has 1 aromatic carbocycles. The van der Waals surface area contributed by atoms with E-state index in [2.05, 4.69) is 16.0 Å². The van der Waals surface area contributed by atoms with Gasteiger partial charge in [0.05, 0.1) is 6.54 Å². The van der Waals surface area contributed by atoms with Gasteiger partial charge in [0.25, 0.3) is 0 Å². The summed E-state index contributed by atoms with van der Waals surface area (Å²) in [6.07, 6.45) is 0.781. The van der Waals surface area contributed by atoms with E-state index in [0.717, 1.165) is 6.42 Å². The number of carbonyl (C=O) groups excluding carboxylic acids is 2. The Morgan fingerprint density at radius 1 is 1.05 bits per heavy atom. The lowest BCUT2D eigenvalue weighted by Crippen LogP contribution is -2.46. The Bertz CT molecular complexity index is 446. The molecule has 1 aromatic rings. The van der Waals surface area contributed by atoms with Crippen LogP contribution in [0, 0.1) is 5.92 Å². The molecular formula is C16H25N3O2. The molecule has 0 saturated carbocycles. The first-order chi connectivity index (χ1) is 9.99. The molecule has 0 aliphatic heterocycles. The van der Waals surface area contributed by atoms with Crippen molar-refractivity contribution in [3.05, 3.63) is 35.9 Å². The zero-order valence-electron chi connectivity index (χ0n) is 13.0. The minimum atomic E-state index is -0.311. The van der Waals surface area contributed by atoms with Crippen LogP contribution in [0.25, 0.3) is 0 Å². The molecule has 0 aliphatic rings. The van der Waals surface area contributed by atoms with Crippen LogP contribution in [0.1, 0.15) is 26.3 Å². The van der Waals surface area contributed by atoms with Gasteiger partial charge in [-0.3, -0.25) is 4.79 Å². The molecule has 1 rings (SSSR count). The maximum atomic E-state index is 11.6. The monoisotopic (exact) mass is 291 g/mol. The van der Waals surface area contributed by atoms with Crippen molar-refractivity contribution in [3.8, 4) is 0 Å². The SMILES string of the molecule is CC(C)C(C)NC(=O)NCC(=O)NCCc1ccccc1. The summed E-state index contributed by atoms with van der Waals surface area (Å²) in [7, 11) is 0. The summed E-state index contributed by atoms with van der Waals surface area (Å²) in [5.41, 5.74) is 1.18. The van der Waals surface area contributed by atoms with E-state index < -0.39 is 0 Å². The van der Waals surface area contributed by atoms with E-state index in [0.29, 0.717) is 12.5 Å². The molecule has 5 nitrogen and oxygen atoms in total. The summed E-state index contributed by atoms with van der Waals surface area (Å²) in [6, 6.07) is 9.71. The van der Waals surface area contributed by atoms with Crippen molar-refractivity contribution < 1.29 is 9.59 Å². The Kier molecular flexibility index (Phi) is 7.29. The lowest BCUT2D eigenvalue weighted by molar-refractivity contribution is -0.120. The van der Waals surface area contributed by atoms with Crippen molar-refractivity contribution in [1.82, 2.24) is 16.0 Å². The molecule has 1 atom stereocenters. The van der Waals surface area contributed by atoms with E-state index in [1.807, 2.05) is 51.1 Å². The number of hydrogen-bond donors (Lipinski definition) is 3. The smallest absolute Gasteiger partial charge is 0.315 e. The lowest BCUT2D eigenvalue weighted by Gasteiger charge is -2.17. The molecule has 0 aliphatic carbocycles. The van der Waals surface area contributed by atoms with Crippen LogP contribution < -0.4 is 16.0 Å². The van der Waals surface area contributed by atoms with E-state index in [-0.39, 0.29) is 24.5 Å². The minimum absolute atomic E-state index is 0.00849. The minimum Gasteiger partial charge on any atom is -0.354 e. The maximum Gasteiger partial charge on any atom is 0.315 e. The summed E-state index contributed by atoms with van der Waals surface area (Å²) in [5.74, 6) is 0.175. The van der Waals surface area contributed by atoms with Crippen LogP contribution in [-0.4, -0.2) is 31.1 Å². The van der Waals surface area contributed by atoms with Crippen LogP contribution in [0.3, 0.4) is 0 Å². The van der Waals surface area contributed by atoms with E-state index in [1.165, 1.54) is 5.56 Å². The van der Waals surface area contributed by atoms with Crippen molar-refractivity contribution in [2.45, 2.75) is 33.2 Å². The van der Waals surface area contributed by atoms with Crippen LogP contribution in [0.4, 0.5) is 4.79 Å². The number of carbonyl (C=O) groups is 2. The van der Waals surface area contributed by atoms with Crippen molar-refractivity contribution in [3.63, 3.8) is 0 Å². The highest BCUT2D eigenvalue weighted by atomic mass is 16.2. The van der Waals surface area contributed by atoms with Crippen molar-refractivity contribution in [2.24, 2.45) is 5.92 Å². The third-order valence-corrected chi connectivity index (χ3v) is 3.35. The number of rotatable bonds is 7. The fraction of sp³-hybridized carbons (Fsp3) is 0.500. The summed E-state index contributed by atoms with van der Waals surface area (Å²) >= 11 is 0. The molecule has 0 saturated heterocycles. The summed E-state index contributed by atoms with van der Waals surface area (Å²) < 4.78 is 0. The second-order valence-electron chi connectivity index (χ2n) is 5.45. The lowest BCUT2D eigenvalue weighted by atomic mass is 10.1. The first kappa shape index (κ1) is 17.0. The van der Waals surface area contributed by atoms with E-state index in [4.69, 9.17) is 0 Å². The Morgan fingerprint density at radius 2 is 1.71 bits per heavy atom. The second kappa shape index (κ2) is 9.00. The molecule has 0 fully saturated rings. The molecule has 0 aromatic heterocycles. The molecule has 0 heterocycles. The van der Waals surface area contributed by atoms with Crippen molar-refractivity contribution in [2.75, 3.05) is 13.1 Å². The zero-order chi connectivity index (χ0) is 15.7. The van der Waals surface area contributed by atoms with Crippen LogP contribution >= 0.6 is 0 Å². The normalized spacial score (nSPS) is 11.8. The van der Waals surface area contributed by atoms with E-state index in [9.17, 15) is 9.59 Å². The molecule has 3 amide bonds. The van der Waals surface area contributed by atoms with Gasteiger partial charge in [-0.05, 0) is 24.8 Å². The zero-order valence-corrected chi connectivity index (χ0v) is 13.0. The van der Waals surface area contributed by atoms with Crippen LogP contribution in [-0.2, 0) is 11.2 Å². The van der Waals surface area contributed by atoms with Gasteiger partial charge in [0.2, 0.25) is 5.91 Å². The quantitative estimate of drug-likeness (QED) is 0.715. The summed E-state index contributed by atoms with van der Waals surface area (Å²) in [6.45, 7) is 6.55. The number of hydrogen-bond acceptors (Lipinski definition) is 2. The molecule has 0 bridgehead atoms. The highest BCUT2D eigenvalue weighted by Crippen LogP contribution is 1.99. The maximum absolute atomic E-state index is 11.6. The van der Waals surface area contributed by atoms with Gasteiger partial charge in [-0.15, -0.1) is 0 Å². The standard InChI is InChI=1S/C16H25N3O2/c1-12(2)13(3)19-16(21)18-11-15(20)17-10-9-14-7-5-4-6-8-14/h4-8,12-13H,9-11H2,1-3H3,(H,17,20)(H2,18,19,21). The molecule has 3 N–H and O–H groups in total. The molecule has 0 radical (unpaired) electrons. The molecular weight excluding hydrogens is 266 g/mol. The molecule has 116 valence electrons. The third-order valence-electron chi connectivity index (χ3n) is 3.35. The van der Waals surface area contributed by atoms with Gasteiger partial charge in [0.1, 0.15) is 0 Å². The Balaban J connectivity index is 2.15. The van der Waals surface area contributed by atoms with E-state index in [1.54, 1.807) is 0 Å². The second-order valence-corrected chi connectivity index (χ2v) is 5.45. The third kappa shape index (κ3) is 7.34. The molecule has 5 heteroatoms. The summed E-state index contributed by atoms with van der Waals surface area (Å²) in [4.78, 5) is 23.2. The number of amides is 3. The Morgan fingerprint density at radius 3 is 2.33 bits per heavy atom. The Labute approximate surface area is 126 Å². The Hall–Kier alpha value is -2.04. The van der Waals surface area contributed by atoms with Gasteiger partial charge < -0.3 is 16.0 Å². The number of urea groups is 1. The molecule has 1 unspecified atom stereocenters. The largest absolute Gasteiger partial charge is 0.354 e. The molecule has 0 spiro atoms. The van der Waals surface area contributed by atoms with Crippen LogP contribution in [0.5, 0.6) is 0 Å². The van der Waals surface area contributed by atoms with Crippen molar-refractivity contribution in [1.29, 1.82) is 0 Å². The number of benzene rings is 1. The summed E-state index contributed by atoms with van der Waals surface area (Å²) in [5, 5.41) is 8.12. The highest BCUT2D eigenvalue weighted by molar-refractivity contribution is 5.83. The average Bonchev–Trinajstić information content (AvgIpc) is 2.46. The average molecular weight is 291 g/mol. The number of nitrogens with one attached hydrogen (secondary N) is 3. The van der Waals surface area contributed by atoms with Gasteiger partial charge in [-0.25, -0.2) is 4.79 Å². The topological polar surface area (TPSA) is 70.2 Å². The van der Waals surface area contributed by atoms with Crippen LogP contribution in [0.15, 0.2) is 30.3 Å².